The van der Waals surface area contributed by atoms with Crippen molar-refractivity contribution < 1.29 is 22.6 Å². The Balaban J connectivity index is 2.15. The van der Waals surface area contributed by atoms with Gasteiger partial charge in [0.2, 0.25) is 0 Å². The lowest BCUT2D eigenvalue weighted by Crippen LogP contribution is -2.17. The second-order valence-corrected chi connectivity index (χ2v) is 4.60. The minimum absolute atomic E-state index is 0.272. The van der Waals surface area contributed by atoms with Crippen molar-refractivity contribution in [1.29, 1.82) is 0 Å². The standard InChI is InChI=1S/C16H16F3NO2/c1-2-21-14-5-3-4-12(10-14)15(20)11-6-8-13(9-7-11)22-16(17,18)19/h3-10,15H,2,20H2,1H3/t15-/m0/s1. The Bertz CT molecular complexity index is 612. The number of alkyl halides is 3. The van der Waals surface area contributed by atoms with Crippen molar-refractivity contribution in [2.24, 2.45) is 5.73 Å². The zero-order chi connectivity index (χ0) is 16.2. The molecule has 0 radical (unpaired) electrons. The summed E-state index contributed by atoms with van der Waals surface area (Å²) in [5.74, 6) is 0.430. The molecule has 1 atom stereocenters. The maximum atomic E-state index is 12.1. The van der Waals surface area contributed by atoms with E-state index in [-0.39, 0.29) is 5.75 Å². The second-order valence-electron chi connectivity index (χ2n) is 4.60. The molecule has 0 saturated carbocycles. The summed E-state index contributed by atoms with van der Waals surface area (Å²) in [6.45, 7) is 2.42. The summed E-state index contributed by atoms with van der Waals surface area (Å²) in [5.41, 5.74) is 7.64. The highest BCUT2D eigenvalue weighted by Crippen LogP contribution is 2.27. The number of hydrogen-bond acceptors (Lipinski definition) is 3. The van der Waals surface area contributed by atoms with Crippen LogP contribution >= 0.6 is 0 Å². The summed E-state index contributed by atoms with van der Waals surface area (Å²) in [6, 6.07) is 12.4. The summed E-state index contributed by atoms with van der Waals surface area (Å²) >= 11 is 0. The zero-order valence-corrected chi connectivity index (χ0v) is 11.9. The van der Waals surface area contributed by atoms with Crippen LogP contribution in [0.15, 0.2) is 48.5 Å². The highest BCUT2D eigenvalue weighted by atomic mass is 19.4. The van der Waals surface area contributed by atoms with Gasteiger partial charge in [-0.2, -0.15) is 0 Å². The van der Waals surface area contributed by atoms with E-state index in [0.717, 1.165) is 5.56 Å². The van der Waals surface area contributed by atoms with E-state index in [9.17, 15) is 13.2 Å². The monoisotopic (exact) mass is 311 g/mol. The maximum absolute atomic E-state index is 12.1. The topological polar surface area (TPSA) is 44.5 Å². The van der Waals surface area contributed by atoms with Crippen molar-refractivity contribution in [3.05, 3.63) is 59.7 Å². The zero-order valence-electron chi connectivity index (χ0n) is 11.9. The maximum Gasteiger partial charge on any atom is 0.573 e. The lowest BCUT2D eigenvalue weighted by Gasteiger charge is -2.15. The first-order valence-corrected chi connectivity index (χ1v) is 6.73. The molecule has 2 aromatic carbocycles. The first kappa shape index (κ1) is 16.2. The van der Waals surface area contributed by atoms with E-state index in [1.54, 1.807) is 0 Å². The van der Waals surface area contributed by atoms with Crippen LogP contribution in [-0.2, 0) is 0 Å². The first-order valence-electron chi connectivity index (χ1n) is 6.73. The van der Waals surface area contributed by atoms with E-state index >= 15 is 0 Å². The molecule has 6 heteroatoms. The minimum Gasteiger partial charge on any atom is -0.494 e. The van der Waals surface area contributed by atoms with Gasteiger partial charge in [-0.25, -0.2) is 0 Å². The van der Waals surface area contributed by atoms with E-state index in [2.05, 4.69) is 4.74 Å². The second kappa shape index (κ2) is 6.70. The number of ether oxygens (including phenoxy) is 2. The molecule has 0 aliphatic carbocycles. The number of halogens is 3. The summed E-state index contributed by atoms with van der Waals surface area (Å²) < 4.78 is 45.6. The quantitative estimate of drug-likeness (QED) is 0.906. The normalized spacial score (nSPS) is 12.8. The molecule has 2 rings (SSSR count). The molecule has 22 heavy (non-hydrogen) atoms. The summed E-state index contributed by atoms with van der Waals surface area (Å²) in [4.78, 5) is 0. The third-order valence-electron chi connectivity index (χ3n) is 3.00. The molecule has 0 aromatic heterocycles. The minimum atomic E-state index is -4.70. The van der Waals surface area contributed by atoms with Gasteiger partial charge in [0.05, 0.1) is 12.6 Å². The highest BCUT2D eigenvalue weighted by Gasteiger charge is 2.31. The molecular weight excluding hydrogens is 295 g/mol. The fourth-order valence-electron chi connectivity index (χ4n) is 2.03. The van der Waals surface area contributed by atoms with Gasteiger partial charge < -0.3 is 15.2 Å². The first-order chi connectivity index (χ1) is 10.4. The van der Waals surface area contributed by atoms with Crippen molar-refractivity contribution in [3.63, 3.8) is 0 Å². The van der Waals surface area contributed by atoms with Crippen LogP contribution in [0.2, 0.25) is 0 Å². The molecule has 0 bridgehead atoms. The number of hydrogen-bond donors (Lipinski definition) is 1. The van der Waals surface area contributed by atoms with Crippen molar-refractivity contribution in [3.8, 4) is 11.5 Å². The molecule has 2 N–H and O–H groups in total. The van der Waals surface area contributed by atoms with Gasteiger partial charge in [0.15, 0.2) is 0 Å². The molecule has 0 aliphatic rings. The molecule has 0 spiro atoms. The van der Waals surface area contributed by atoms with Crippen LogP contribution < -0.4 is 15.2 Å². The lowest BCUT2D eigenvalue weighted by atomic mass is 9.99. The predicted molar refractivity (Wildman–Crippen MR) is 76.8 cm³/mol. The van der Waals surface area contributed by atoms with Gasteiger partial charge in [0.25, 0.3) is 0 Å². The molecule has 0 heterocycles. The van der Waals surface area contributed by atoms with Crippen LogP contribution in [0.25, 0.3) is 0 Å². The Morgan fingerprint density at radius 1 is 1.00 bits per heavy atom. The van der Waals surface area contributed by atoms with Crippen LogP contribution in [0, 0.1) is 0 Å². The van der Waals surface area contributed by atoms with Crippen molar-refractivity contribution in [2.75, 3.05) is 6.61 Å². The smallest absolute Gasteiger partial charge is 0.494 e. The Hall–Kier alpha value is -2.21. The van der Waals surface area contributed by atoms with Crippen molar-refractivity contribution in [2.45, 2.75) is 19.3 Å². The van der Waals surface area contributed by atoms with E-state index in [4.69, 9.17) is 10.5 Å². The molecular formula is C16H16F3NO2. The van der Waals surface area contributed by atoms with Gasteiger partial charge in [-0.05, 0) is 42.3 Å². The van der Waals surface area contributed by atoms with Gasteiger partial charge in [-0.15, -0.1) is 13.2 Å². The number of nitrogens with two attached hydrogens (primary N) is 1. The van der Waals surface area contributed by atoms with Crippen molar-refractivity contribution in [1.82, 2.24) is 0 Å². The molecule has 0 amide bonds. The number of rotatable bonds is 5. The number of benzene rings is 2. The average Bonchev–Trinajstić information content (AvgIpc) is 2.46. The van der Waals surface area contributed by atoms with Crippen molar-refractivity contribution >= 4 is 0 Å². The summed E-state index contributed by atoms with van der Waals surface area (Å²) in [7, 11) is 0. The van der Waals surface area contributed by atoms with Gasteiger partial charge in [0.1, 0.15) is 11.5 Å². The van der Waals surface area contributed by atoms with E-state index < -0.39 is 12.4 Å². The molecule has 0 saturated heterocycles. The van der Waals surface area contributed by atoms with E-state index in [0.29, 0.717) is 17.9 Å². The predicted octanol–water partition coefficient (Wildman–Crippen LogP) is 4.03. The van der Waals surface area contributed by atoms with Crippen LogP contribution in [0.3, 0.4) is 0 Å². The Kier molecular flexibility index (Phi) is 4.92. The fourth-order valence-corrected chi connectivity index (χ4v) is 2.03. The molecule has 0 fully saturated rings. The molecule has 118 valence electrons. The Labute approximate surface area is 126 Å². The lowest BCUT2D eigenvalue weighted by molar-refractivity contribution is -0.274. The third-order valence-corrected chi connectivity index (χ3v) is 3.00. The summed E-state index contributed by atoms with van der Waals surface area (Å²) in [6.07, 6.45) is -4.70. The van der Waals surface area contributed by atoms with Gasteiger partial charge in [0, 0.05) is 0 Å². The SMILES string of the molecule is CCOc1cccc([C@@H](N)c2ccc(OC(F)(F)F)cc2)c1. The third kappa shape index (κ3) is 4.39. The fraction of sp³-hybridized carbons (Fsp3) is 0.250. The van der Waals surface area contributed by atoms with Crippen LogP contribution in [0.5, 0.6) is 11.5 Å². The average molecular weight is 311 g/mol. The van der Waals surface area contributed by atoms with Crippen LogP contribution in [0.4, 0.5) is 13.2 Å². The molecule has 3 nitrogen and oxygen atoms in total. The summed E-state index contributed by atoms with van der Waals surface area (Å²) in [5, 5.41) is 0. The van der Waals surface area contributed by atoms with Gasteiger partial charge in [-0.3, -0.25) is 0 Å². The van der Waals surface area contributed by atoms with Gasteiger partial charge >= 0.3 is 6.36 Å². The van der Waals surface area contributed by atoms with Crippen LogP contribution in [-0.4, -0.2) is 13.0 Å². The Morgan fingerprint density at radius 3 is 2.27 bits per heavy atom. The Morgan fingerprint density at radius 2 is 1.68 bits per heavy atom. The van der Waals surface area contributed by atoms with Gasteiger partial charge in [-0.1, -0.05) is 24.3 Å². The van der Waals surface area contributed by atoms with E-state index in [1.807, 2.05) is 31.2 Å². The van der Waals surface area contributed by atoms with E-state index in [1.165, 1.54) is 24.3 Å². The largest absolute Gasteiger partial charge is 0.573 e. The highest BCUT2D eigenvalue weighted by molar-refractivity contribution is 5.38. The molecule has 0 aliphatic heterocycles. The van der Waals surface area contributed by atoms with Crippen LogP contribution in [0.1, 0.15) is 24.1 Å². The molecule has 2 aromatic rings. The molecule has 0 unspecified atom stereocenters.